The van der Waals surface area contributed by atoms with E-state index in [1.165, 1.54) is 0 Å². The van der Waals surface area contributed by atoms with E-state index in [2.05, 4.69) is 10.2 Å². The van der Waals surface area contributed by atoms with Gasteiger partial charge in [0.1, 0.15) is 0 Å². The molecule has 0 bridgehead atoms. The maximum absolute atomic E-state index is 12.2. The van der Waals surface area contributed by atoms with Gasteiger partial charge >= 0.3 is 0 Å². The number of nitrogens with one attached hydrogen (secondary N) is 1. The van der Waals surface area contributed by atoms with Crippen LogP contribution >= 0.6 is 0 Å². The highest BCUT2D eigenvalue weighted by molar-refractivity contribution is 5.94. The molecule has 0 fully saturated rings. The second-order valence-electron chi connectivity index (χ2n) is 4.77. The SMILES string of the molecule is CNCCN(C)C(=O)c1cccc(CN(C)C)c1. The zero-order valence-electron chi connectivity index (χ0n) is 11.7. The average Bonchev–Trinajstić information content (AvgIpc) is 2.34. The van der Waals surface area contributed by atoms with Crippen LogP contribution in [0.2, 0.25) is 0 Å². The van der Waals surface area contributed by atoms with Crippen LogP contribution in [0, 0.1) is 0 Å². The maximum Gasteiger partial charge on any atom is 0.253 e. The van der Waals surface area contributed by atoms with E-state index in [9.17, 15) is 4.79 Å². The fraction of sp³-hybridized carbons (Fsp3) is 0.500. The molecule has 0 heterocycles. The average molecular weight is 249 g/mol. The maximum atomic E-state index is 12.2. The van der Waals surface area contributed by atoms with Gasteiger partial charge < -0.3 is 15.1 Å². The van der Waals surface area contributed by atoms with Crippen LogP contribution in [0.5, 0.6) is 0 Å². The minimum atomic E-state index is 0.0749. The summed E-state index contributed by atoms with van der Waals surface area (Å²) in [6.45, 7) is 2.37. The van der Waals surface area contributed by atoms with Gasteiger partial charge in [0.25, 0.3) is 5.91 Å². The zero-order chi connectivity index (χ0) is 13.5. The Labute approximate surface area is 110 Å². The van der Waals surface area contributed by atoms with E-state index in [4.69, 9.17) is 0 Å². The first kappa shape index (κ1) is 14.7. The summed E-state index contributed by atoms with van der Waals surface area (Å²) in [4.78, 5) is 16.0. The van der Waals surface area contributed by atoms with Crippen molar-refractivity contribution < 1.29 is 4.79 Å². The summed E-state index contributed by atoms with van der Waals surface area (Å²) in [7, 11) is 7.76. The molecule has 1 aromatic rings. The third-order valence-corrected chi connectivity index (χ3v) is 2.72. The first-order valence-electron chi connectivity index (χ1n) is 6.18. The molecule has 0 saturated carbocycles. The van der Waals surface area contributed by atoms with Crippen LogP contribution < -0.4 is 5.32 Å². The molecular formula is C14H23N3O. The molecule has 0 radical (unpaired) electrons. The summed E-state index contributed by atoms with van der Waals surface area (Å²) in [6.07, 6.45) is 0. The Kier molecular flexibility index (Phi) is 5.82. The molecule has 1 amide bonds. The second kappa shape index (κ2) is 7.13. The van der Waals surface area contributed by atoms with E-state index in [0.29, 0.717) is 6.54 Å². The molecule has 0 saturated heterocycles. The van der Waals surface area contributed by atoms with Crippen molar-refractivity contribution in [3.8, 4) is 0 Å². The van der Waals surface area contributed by atoms with Crippen LogP contribution in [0.1, 0.15) is 15.9 Å². The van der Waals surface area contributed by atoms with Crippen molar-refractivity contribution in [3.63, 3.8) is 0 Å². The number of likely N-dealkylation sites (N-methyl/N-ethyl adjacent to an activating group) is 2. The normalized spacial score (nSPS) is 10.7. The Morgan fingerprint density at radius 3 is 2.61 bits per heavy atom. The Bertz CT molecular complexity index is 390. The molecule has 0 unspecified atom stereocenters. The molecule has 0 atom stereocenters. The minimum Gasteiger partial charge on any atom is -0.340 e. The predicted octanol–water partition coefficient (Wildman–Crippen LogP) is 1.04. The van der Waals surface area contributed by atoms with Crippen molar-refractivity contribution >= 4 is 5.91 Å². The Morgan fingerprint density at radius 2 is 2.00 bits per heavy atom. The molecule has 18 heavy (non-hydrogen) atoms. The highest BCUT2D eigenvalue weighted by Gasteiger charge is 2.11. The number of hydrogen-bond donors (Lipinski definition) is 1. The van der Waals surface area contributed by atoms with Crippen LogP contribution in [0.4, 0.5) is 0 Å². The van der Waals surface area contributed by atoms with Crippen molar-refractivity contribution in [2.24, 2.45) is 0 Å². The Balaban J connectivity index is 2.73. The lowest BCUT2D eigenvalue weighted by molar-refractivity contribution is 0.0796. The van der Waals surface area contributed by atoms with Gasteiger partial charge in [0.05, 0.1) is 0 Å². The van der Waals surface area contributed by atoms with Gasteiger partial charge in [-0.25, -0.2) is 0 Å². The number of nitrogens with zero attached hydrogens (tertiary/aromatic N) is 2. The minimum absolute atomic E-state index is 0.0749. The number of amides is 1. The largest absolute Gasteiger partial charge is 0.340 e. The van der Waals surface area contributed by atoms with E-state index in [-0.39, 0.29) is 5.91 Å². The van der Waals surface area contributed by atoms with Gasteiger partial charge in [-0.05, 0) is 38.8 Å². The van der Waals surface area contributed by atoms with Crippen LogP contribution in [0.15, 0.2) is 24.3 Å². The van der Waals surface area contributed by atoms with E-state index in [0.717, 1.165) is 24.2 Å². The Hall–Kier alpha value is -1.39. The number of carbonyl (C=O) groups excluding carboxylic acids is 1. The predicted molar refractivity (Wildman–Crippen MR) is 74.7 cm³/mol. The van der Waals surface area contributed by atoms with Crippen LogP contribution in [0.3, 0.4) is 0 Å². The number of carbonyl (C=O) groups is 1. The van der Waals surface area contributed by atoms with Gasteiger partial charge in [0.15, 0.2) is 0 Å². The molecule has 4 heteroatoms. The monoisotopic (exact) mass is 249 g/mol. The summed E-state index contributed by atoms with van der Waals surface area (Å²) in [6, 6.07) is 7.83. The molecular weight excluding hydrogens is 226 g/mol. The van der Waals surface area contributed by atoms with Crippen molar-refractivity contribution in [2.75, 3.05) is 41.3 Å². The van der Waals surface area contributed by atoms with Crippen LogP contribution in [-0.2, 0) is 6.54 Å². The van der Waals surface area contributed by atoms with E-state index in [1.807, 2.05) is 52.5 Å². The Morgan fingerprint density at radius 1 is 1.28 bits per heavy atom. The first-order chi connectivity index (χ1) is 8.54. The molecule has 1 rings (SSSR count). The number of hydrogen-bond acceptors (Lipinski definition) is 3. The van der Waals surface area contributed by atoms with E-state index in [1.54, 1.807) is 4.90 Å². The van der Waals surface area contributed by atoms with E-state index >= 15 is 0 Å². The van der Waals surface area contributed by atoms with Gasteiger partial charge in [0, 0.05) is 32.2 Å². The molecule has 100 valence electrons. The van der Waals surface area contributed by atoms with Crippen LogP contribution in [0.25, 0.3) is 0 Å². The quantitative estimate of drug-likeness (QED) is 0.818. The zero-order valence-corrected chi connectivity index (χ0v) is 11.7. The summed E-state index contributed by atoms with van der Waals surface area (Å²) in [5.41, 5.74) is 1.92. The summed E-state index contributed by atoms with van der Waals surface area (Å²) in [5, 5.41) is 3.04. The smallest absolute Gasteiger partial charge is 0.253 e. The molecule has 0 aliphatic heterocycles. The van der Waals surface area contributed by atoms with Crippen molar-refractivity contribution in [1.82, 2.24) is 15.1 Å². The number of rotatable bonds is 6. The third kappa shape index (κ3) is 4.47. The molecule has 0 aromatic heterocycles. The van der Waals surface area contributed by atoms with Gasteiger partial charge in [-0.1, -0.05) is 12.1 Å². The lowest BCUT2D eigenvalue weighted by Gasteiger charge is -2.17. The topological polar surface area (TPSA) is 35.6 Å². The highest BCUT2D eigenvalue weighted by atomic mass is 16.2. The molecule has 0 aliphatic carbocycles. The van der Waals surface area contributed by atoms with Crippen molar-refractivity contribution in [3.05, 3.63) is 35.4 Å². The van der Waals surface area contributed by atoms with Crippen molar-refractivity contribution in [2.45, 2.75) is 6.54 Å². The van der Waals surface area contributed by atoms with Crippen molar-refractivity contribution in [1.29, 1.82) is 0 Å². The fourth-order valence-corrected chi connectivity index (χ4v) is 1.77. The fourth-order valence-electron chi connectivity index (χ4n) is 1.77. The second-order valence-corrected chi connectivity index (χ2v) is 4.77. The first-order valence-corrected chi connectivity index (χ1v) is 6.18. The molecule has 1 aromatic carbocycles. The lowest BCUT2D eigenvalue weighted by atomic mass is 10.1. The summed E-state index contributed by atoms with van der Waals surface area (Å²) in [5.74, 6) is 0.0749. The molecule has 4 nitrogen and oxygen atoms in total. The standard InChI is InChI=1S/C14H23N3O/c1-15-8-9-17(4)14(18)13-7-5-6-12(10-13)11-16(2)3/h5-7,10,15H,8-9,11H2,1-4H3. The third-order valence-electron chi connectivity index (χ3n) is 2.72. The van der Waals surface area contributed by atoms with Gasteiger partial charge in [-0.2, -0.15) is 0 Å². The highest BCUT2D eigenvalue weighted by Crippen LogP contribution is 2.09. The van der Waals surface area contributed by atoms with Gasteiger partial charge in [-0.15, -0.1) is 0 Å². The summed E-state index contributed by atoms with van der Waals surface area (Å²) >= 11 is 0. The lowest BCUT2D eigenvalue weighted by Crippen LogP contribution is -2.32. The number of benzene rings is 1. The molecule has 0 aliphatic rings. The molecule has 1 N–H and O–H groups in total. The van der Waals surface area contributed by atoms with Gasteiger partial charge in [0.2, 0.25) is 0 Å². The van der Waals surface area contributed by atoms with Crippen LogP contribution in [-0.4, -0.2) is 57.0 Å². The summed E-state index contributed by atoms with van der Waals surface area (Å²) < 4.78 is 0. The van der Waals surface area contributed by atoms with E-state index < -0.39 is 0 Å². The molecule has 0 spiro atoms. The van der Waals surface area contributed by atoms with Gasteiger partial charge in [-0.3, -0.25) is 4.79 Å².